The smallest absolute Gasteiger partial charge is 0.326 e. The minimum Gasteiger partial charge on any atom is -0.480 e. The number of hydrogen-bond donors (Lipinski definition) is 3. The zero-order valence-electron chi connectivity index (χ0n) is 10.7. The van der Waals surface area contributed by atoms with E-state index in [1.165, 1.54) is 12.4 Å². The highest BCUT2D eigenvalue weighted by molar-refractivity contribution is 5.96. The predicted molar refractivity (Wildman–Crippen MR) is 72.2 cm³/mol. The number of aromatic amines is 1. The van der Waals surface area contributed by atoms with E-state index in [2.05, 4.69) is 15.5 Å². The lowest BCUT2D eigenvalue weighted by Gasteiger charge is -2.13. The van der Waals surface area contributed by atoms with Crippen molar-refractivity contribution in [3.63, 3.8) is 0 Å². The molecule has 6 nitrogen and oxygen atoms in total. The van der Waals surface area contributed by atoms with Gasteiger partial charge in [0, 0.05) is 6.20 Å². The highest BCUT2D eigenvalue weighted by Crippen LogP contribution is 2.06. The van der Waals surface area contributed by atoms with E-state index in [1.54, 1.807) is 0 Å². The number of rotatable bonds is 6. The average Bonchev–Trinajstić information content (AvgIpc) is 2.98. The Balaban J connectivity index is 1.94. The van der Waals surface area contributed by atoms with Gasteiger partial charge in [0.25, 0.3) is 5.91 Å². The van der Waals surface area contributed by atoms with Gasteiger partial charge in [0.2, 0.25) is 0 Å². The number of benzene rings is 1. The summed E-state index contributed by atoms with van der Waals surface area (Å²) in [4.78, 5) is 23.0. The summed E-state index contributed by atoms with van der Waals surface area (Å²) in [6, 6.07) is 8.63. The summed E-state index contributed by atoms with van der Waals surface area (Å²) in [6.45, 7) is 0. The quantitative estimate of drug-likeness (QED) is 0.737. The second-order valence-electron chi connectivity index (χ2n) is 4.38. The Morgan fingerprint density at radius 1 is 1.30 bits per heavy atom. The first-order valence-corrected chi connectivity index (χ1v) is 6.23. The van der Waals surface area contributed by atoms with E-state index in [1.807, 2.05) is 30.3 Å². The monoisotopic (exact) mass is 273 g/mol. The van der Waals surface area contributed by atoms with Gasteiger partial charge >= 0.3 is 5.97 Å². The minimum atomic E-state index is -1.04. The van der Waals surface area contributed by atoms with E-state index < -0.39 is 17.9 Å². The van der Waals surface area contributed by atoms with Crippen molar-refractivity contribution in [3.8, 4) is 0 Å². The fourth-order valence-electron chi connectivity index (χ4n) is 1.83. The van der Waals surface area contributed by atoms with Gasteiger partial charge in [-0.25, -0.2) is 4.79 Å². The number of carboxylic acids is 1. The van der Waals surface area contributed by atoms with Gasteiger partial charge in [0.1, 0.15) is 6.04 Å². The summed E-state index contributed by atoms with van der Waals surface area (Å²) in [5.74, 6) is -1.49. The molecule has 0 aliphatic carbocycles. The number of aromatic nitrogens is 2. The van der Waals surface area contributed by atoms with E-state index in [4.69, 9.17) is 5.11 Å². The molecule has 6 heteroatoms. The van der Waals surface area contributed by atoms with Crippen LogP contribution in [-0.4, -0.2) is 33.2 Å². The third-order valence-electron chi connectivity index (χ3n) is 2.93. The molecule has 20 heavy (non-hydrogen) atoms. The fraction of sp³-hybridized carbons (Fsp3) is 0.214. The molecule has 1 atom stereocenters. The maximum absolute atomic E-state index is 11.8. The topological polar surface area (TPSA) is 95.1 Å². The Hall–Kier alpha value is -2.63. The van der Waals surface area contributed by atoms with Crippen molar-refractivity contribution in [1.82, 2.24) is 15.5 Å². The molecule has 0 aliphatic rings. The molecule has 0 bridgehead atoms. The standard InChI is InChI=1S/C14H15N3O3/c18-13(11-8-15-16-9-11)17-12(14(19)20)7-6-10-4-2-1-3-5-10/h1-5,8-9,12H,6-7H2,(H,15,16)(H,17,18)(H,19,20). The number of aliphatic carboxylic acids is 1. The van der Waals surface area contributed by atoms with E-state index in [9.17, 15) is 9.59 Å². The van der Waals surface area contributed by atoms with Crippen LogP contribution in [0.1, 0.15) is 22.3 Å². The van der Waals surface area contributed by atoms with Gasteiger partial charge in [-0.3, -0.25) is 9.89 Å². The van der Waals surface area contributed by atoms with E-state index in [0.29, 0.717) is 18.4 Å². The summed E-state index contributed by atoms with van der Waals surface area (Å²) >= 11 is 0. The molecule has 1 aromatic carbocycles. The van der Waals surface area contributed by atoms with Crippen molar-refractivity contribution < 1.29 is 14.7 Å². The molecule has 1 aromatic heterocycles. The SMILES string of the molecule is O=C(NC(CCc1ccccc1)C(=O)O)c1cn[nH]c1. The van der Waals surface area contributed by atoms with Crippen molar-refractivity contribution in [2.75, 3.05) is 0 Å². The molecule has 0 saturated carbocycles. The Kier molecular flexibility index (Phi) is 4.49. The van der Waals surface area contributed by atoms with Crippen LogP contribution in [0.15, 0.2) is 42.7 Å². The van der Waals surface area contributed by atoms with E-state index in [0.717, 1.165) is 5.56 Å². The van der Waals surface area contributed by atoms with Crippen LogP contribution in [0.4, 0.5) is 0 Å². The zero-order chi connectivity index (χ0) is 14.4. The molecule has 0 aliphatic heterocycles. The fourth-order valence-corrected chi connectivity index (χ4v) is 1.83. The van der Waals surface area contributed by atoms with Crippen LogP contribution in [0, 0.1) is 0 Å². The highest BCUT2D eigenvalue weighted by Gasteiger charge is 2.20. The van der Waals surface area contributed by atoms with Crippen LogP contribution < -0.4 is 5.32 Å². The normalized spacial score (nSPS) is 11.8. The second kappa shape index (κ2) is 6.51. The predicted octanol–water partition coefficient (Wildman–Crippen LogP) is 1.23. The molecule has 2 aromatic rings. The number of carbonyl (C=O) groups excluding carboxylic acids is 1. The van der Waals surface area contributed by atoms with Gasteiger partial charge < -0.3 is 10.4 Å². The van der Waals surface area contributed by atoms with Crippen molar-refractivity contribution in [2.45, 2.75) is 18.9 Å². The van der Waals surface area contributed by atoms with E-state index in [-0.39, 0.29) is 0 Å². The summed E-state index contributed by atoms with van der Waals surface area (Å²) in [7, 11) is 0. The summed E-state index contributed by atoms with van der Waals surface area (Å²) in [5, 5.41) is 17.8. The molecule has 104 valence electrons. The molecular formula is C14H15N3O3. The van der Waals surface area contributed by atoms with Crippen LogP contribution in [0.2, 0.25) is 0 Å². The first kappa shape index (κ1) is 13.8. The van der Waals surface area contributed by atoms with Crippen LogP contribution in [0.25, 0.3) is 0 Å². The number of amides is 1. The van der Waals surface area contributed by atoms with Gasteiger partial charge in [0.05, 0.1) is 11.8 Å². The van der Waals surface area contributed by atoms with Crippen LogP contribution in [0.3, 0.4) is 0 Å². The third kappa shape index (κ3) is 3.68. The maximum atomic E-state index is 11.8. The van der Waals surface area contributed by atoms with Crippen LogP contribution in [0.5, 0.6) is 0 Å². The van der Waals surface area contributed by atoms with Gasteiger partial charge in [-0.1, -0.05) is 30.3 Å². The van der Waals surface area contributed by atoms with E-state index >= 15 is 0 Å². The largest absolute Gasteiger partial charge is 0.480 e. The number of carboxylic acid groups (broad SMARTS) is 1. The second-order valence-corrected chi connectivity index (χ2v) is 4.38. The molecule has 1 amide bonds. The van der Waals surface area contributed by atoms with Gasteiger partial charge in [0.15, 0.2) is 0 Å². The maximum Gasteiger partial charge on any atom is 0.326 e. The Morgan fingerprint density at radius 2 is 2.05 bits per heavy atom. The molecule has 3 N–H and O–H groups in total. The minimum absolute atomic E-state index is 0.316. The van der Waals surface area contributed by atoms with Crippen molar-refractivity contribution in [3.05, 3.63) is 53.9 Å². The lowest BCUT2D eigenvalue weighted by Crippen LogP contribution is -2.41. The summed E-state index contributed by atoms with van der Waals surface area (Å²) in [5.41, 5.74) is 1.35. The first-order chi connectivity index (χ1) is 9.66. The van der Waals surface area contributed by atoms with Crippen molar-refractivity contribution in [1.29, 1.82) is 0 Å². The number of aryl methyl sites for hydroxylation is 1. The Bertz CT molecular complexity index is 567. The number of hydrogen-bond acceptors (Lipinski definition) is 3. The van der Waals surface area contributed by atoms with Crippen molar-refractivity contribution in [2.24, 2.45) is 0 Å². The molecule has 0 radical (unpaired) electrons. The molecule has 0 fully saturated rings. The lowest BCUT2D eigenvalue weighted by atomic mass is 10.1. The molecule has 2 rings (SSSR count). The molecule has 1 heterocycles. The Morgan fingerprint density at radius 3 is 2.65 bits per heavy atom. The zero-order valence-corrected chi connectivity index (χ0v) is 10.7. The lowest BCUT2D eigenvalue weighted by molar-refractivity contribution is -0.139. The van der Waals surface area contributed by atoms with Crippen molar-refractivity contribution >= 4 is 11.9 Å². The molecule has 1 unspecified atom stereocenters. The first-order valence-electron chi connectivity index (χ1n) is 6.23. The average molecular weight is 273 g/mol. The van der Waals surface area contributed by atoms with Crippen LogP contribution >= 0.6 is 0 Å². The van der Waals surface area contributed by atoms with Gasteiger partial charge in [-0.2, -0.15) is 5.10 Å². The Labute approximate surface area is 115 Å². The number of H-pyrrole nitrogens is 1. The molecule has 0 spiro atoms. The number of nitrogens with one attached hydrogen (secondary N) is 2. The molecular weight excluding hydrogens is 258 g/mol. The van der Waals surface area contributed by atoms with Crippen LogP contribution in [-0.2, 0) is 11.2 Å². The summed E-state index contributed by atoms with van der Waals surface area (Å²) < 4.78 is 0. The van der Waals surface area contributed by atoms with Gasteiger partial charge in [-0.05, 0) is 18.4 Å². The third-order valence-corrected chi connectivity index (χ3v) is 2.93. The van der Waals surface area contributed by atoms with Gasteiger partial charge in [-0.15, -0.1) is 0 Å². The molecule has 0 saturated heterocycles. The summed E-state index contributed by atoms with van der Waals surface area (Å²) in [6.07, 6.45) is 3.70. The number of nitrogens with zero attached hydrogens (tertiary/aromatic N) is 1. The highest BCUT2D eigenvalue weighted by atomic mass is 16.4. The number of carbonyl (C=O) groups is 2.